The third-order valence-corrected chi connectivity index (χ3v) is 3.78. The summed E-state index contributed by atoms with van der Waals surface area (Å²) in [5.74, 6) is -0.847. The van der Waals surface area contributed by atoms with Gasteiger partial charge in [-0.05, 0) is 12.3 Å². The van der Waals surface area contributed by atoms with Crippen LogP contribution in [-0.2, 0) is 9.53 Å². The van der Waals surface area contributed by atoms with Gasteiger partial charge in [0.25, 0.3) is 0 Å². The minimum atomic E-state index is -0.818. The van der Waals surface area contributed by atoms with Crippen LogP contribution < -0.4 is 5.32 Å². The minimum Gasteiger partial charge on any atom is -0.481 e. The van der Waals surface area contributed by atoms with Crippen LogP contribution in [0.3, 0.4) is 0 Å². The first-order chi connectivity index (χ1) is 8.58. The molecule has 2 heterocycles. The first kappa shape index (κ1) is 13.1. The highest BCUT2D eigenvalue weighted by atomic mass is 16.5. The van der Waals surface area contributed by atoms with E-state index in [1.54, 1.807) is 4.90 Å². The Balaban J connectivity index is 1.77. The molecule has 0 spiro atoms. The fourth-order valence-electron chi connectivity index (χ4n) is 2.54. The lowest BCUT2D eigenvalue weighted by Crippen LogP contribution is -2.41. The Morgan fingerprint density at radius 3 is 2.78 bits per heavy atom. The summed E-state index contributed by atoms with van der Waals surface area (Å²) in [7, 11) is 0. The third kappa shape index (κ3) is 2.93. The predicted molar refractivity (Wildman–Crippen MR) is 64.2 cm³/mol. The number of ether oxygens (including phenoxy) is 1. The zero-order chi connectivity index (χ0) is 13.1. The van der Waals surface area contributed by atoms with Gasteiger partial charge >= 0.3 is 12.0 Å². The summed E-state index contributed by atoms with van der Waals surface area (Å²) in [6.45, 7) is 4.78. The minimum absolute atomic E-state index is 0.0167. The first-order valence-corrected chi connectivity index (χ1v) is 6.41. The van der Waals surface area contributed by atoms with Gasteiger partial charge in [0, 0.05) is 32.2 Å². The molecule has 1 unspecified atom stereocenters. The molecule has 0 aromatic carbocycles. The number of urea groups is 1. The smallest absolute Gasteiger partial charge is 0.317 e. The molecule has 2 saturated heterocycles. The van der Waals surface area contributed by atoms with E-state index in [-0.39, 0.29) is 11.9 Å². The maximum Gasteiger partial charge on any atom is 0.317 e. The topological polar surface area (TPSA) is 78.9 Å². The van der Waals surface area contributed by atoms with E-state index in [1.165, 1.54) is 0 Å². The maximum atomic E-state index is 11.9. The number of likely N-dealkylation sites (tertiary alicyclic amines) is 1. The zero-order valence-electron chi connectivity index (χ0n) is 10.6. The number of nitrogens with one attached hydrogen (secondary N) is 1. The maximum absolute atomic E-state index is 11.9. The van der Waals surface area contributed by atoms with Crippen molar-refractivity contribution in [2.75, 3.05) is 32.8 Å². The van der Waals surface area contributed by atoms with Crippen LogP contribution in [0, 0.1) is 17.8 Å². The summed E-state index contributed by atoms with van der Waals surface area (Å²) in [6.07, 6.45) is 0.981. The number of hydrogen-bond donors (Lipinski definition) is 2. The molecule has 0 aromatic heterocycles. The number of hydrogen-bond acceptors (Lipinski definition) is 3. The average Bonchev–Trinajstić information content (AvgIpc) is 2.94. The third-order valence-electron chi connectivity index (χ3n) is 3.78. The Morgan fingerprint density at radius 2 is 2.22 bits per heavy atom. The molecule has 3 atom stereocenters. The SMILES string of the molecule is C[C@@H]1CN(C(=O)NCC2CCOC2)C[C@H]1C(=O)O. The molecule has 18 heavy (non-hydrogen) atoms. The van der Waals surface area contributed by atoms with Crippen molar-refractivity contribution in [2.24, 2.45) is 17.8 Å². The number of carbonyl (C=O) groups excluding carboxylic acids is 1. The van der Waals surface area contributed by atoms with Crippen molar-refractivity contribution < 1.29 is 19.4 Å². The van der Waals surface area contributed by atoms with E-state index in [4.69, 9.17) is 9.84 Å². The molecule has 0 bridgehead atoms. The molecule has 2 fully saturated rings. The standard InChI is InChI=1S/C12H20N2O4/c1-8-5-14(6-10(8)11(15)16)12(17)13-4-9-2-3-18-7-9/h8-10H,2-7H2,1H3,(H,13,17)(H,15,16)/t8-,9?,10-/m1/s1. The highest BCUT2D eigenvalue weighted by molar-refractivity contribution is 5.77. The number of rotatable bonds is 3. The van der Waals surface area contributed by atoms with Crippen LogP contribution >= 0.6 is 0 Å². The Morgan fingerprint density at radius 1 is 1.44 bits per heavy atom. The highest BCUT2D eigenvalue weighted by Crippen LogP contribution is 2.23. The van der Waals surface area contributed by atoms with Crippen molar-refractivity contribution in [3.63, 3.8) is 0 Å². The quantitative estimate of drug-likeness (QED) is 0.765. The monoisotopic (exact) mass is 256 g/mol. The van der Waals surface area contributed by atoms with Crippen molar-refractivity contribution in [1.29, 1.82) is 0 Å². The van der Waals surface area contributed by atoms with Gasteiger partial charge < -0.3 is 20.1 Å². The molecule has 2 rings (SSSR count). The molecule has 6 heteroatoms. The number of carbonyl (C=O) groups is 2. The fourth-order valence-corrected chi connectivity index (χ4v) is 2.54. The number of amides is 2. The molecule has 2 aliphatic rings. The summed E-state index contributed by atoms with van der Waals surface area (Å²) in [4.78, 5) is 24.5. The Bertz CT molecular complexity index is 328. The van der Waals surface area contributed by atoms with Crippen molar-refractivity contribution >= 4 is 12.0 Å². The number of nitrogens with zero attached hydrogens (tertiary/aromatic N) is 1. The van der Waals surface area contributed by atoms with Crippen LogP contribution in [0.2, 0.25) is 0 Å². The van der Waals surface area contributed by atoms with Gasteiger partial charge in [-0.25, -0.2) is 4.79 Å². The molecule has 0 aliphatic carbocycles. The van der Waals surface area contributed by atoms with E-state index in [1.807, 2.05) is 6.92 Å². The normalized spacial score (nSPS) is 31.6. The van der Waals surface area contributed by atoms with Gasteiger partial charge in [0.15, 0.2) is 0 Å². The Labute approximate surface area is 106 Å². The molecule has 102 valence electrons. The zero-order valence-corrected chi connectivity index (χ0v) is 10.6. The van der Waals surface area contributed by atoms with Gasteiger partial charge in [-0.1, -0.05) is 6.92 Å². The van der Waals surface area contributed by atoms with E-state index in [2.05, 4.69) is 5.32 Å². The van der Waals surface area contributed by atoms with Crippen LogP contribution in [0.5, 0.6) is 0 Å². The van der Waals surface area contributed by atoms with E-state index < -0.39 is 11.9 Å². The van der Waals surface area contributed by atoms with Gasteiger partial charge in [0.2, 0.25) is 0 Å². The molecule has 6 nitrogen and oxygen atoms in total. The Kier molecular flexibility index (Phi) is 4.06. The molecule has 0 aromatic rings. The second kappa shape index (κ2) is 5.56. The molecule has 2 aliphatic heterocycles. The summed E-state index contributed by atoms with van der Waals surface area (Å²) < 4.78 is 5.24. The first-order valence-electron chi connectivity index (χ1n) is 6.41. The van der Waals surface area contributed by atoms with Gasteiger partial charge in [-0.15, -0.1) is 0 Å². The highest BCUT2D eigenvalue weighted by Gasteiger charge is 2.37. The largest absolute Gasteiger partial charge is 0.481 e. The van der Waals surface area contributed by atoms with Crippen LogP contribution in [0.1, 0.15) is 13.3 Å². The average molecular weight is 256 g/mol. The molecular weight excluding hydrogens is 236 g/mol. The van der Waals surface area contributed by atoms with Crippen LogP contribution in [0.4, 0.5) is 4.79 Å². The van der Waals surface area contributed by atoms with Gasteiger partial charge in [0.1, 0.15) is 0 Å². The number of aliphatic carboxylic acids is 1. The van der Waals surface area contributed by atoms with Crippen LogP contribution in [-0.4, -0.2) is 54.9 Å². The second-order valence-electron chi connectivity index (χ2n) is 5.24. The molecule has 0 radical (unpaired) electrons. The van der Waals surface area contributed by atoms with E-state index >= 15 is 0 Å². The van der Waals surface area contributed by atoms with Gasteiger partial charge in [0.05, 0.1) is 12.5 Å². The molecule has 2 N–H and O–H groups in total. The summed E-state index contributed by atoms with van der Waals surface area (Å²) in [5, 5.41) is 11.9. The van der Waals surface area contributed by atoms with Crippen molar-refractivity contribution in [2.45, 2.75) is 13.3 Å². The van der Waals surface area contributed by atoms with E-state index in [0.29, 0.717) is 32.2 Å². The van der Waals surface area contributed by atoms with Gasteiger partial charge in [-0.2, -0.15) is 0 Å². The molecule has 0 saturated carbocycles. The van der Waals surface area contributed by atoms with Crippen molar-refractivity contribution in [3.8, 4) is 0 Å². The molecular formula is C12H20N2O4. The van der Waals surface area contributed by atoms with Gasteiger partial charge in [-0.3, -0.25) is 4.79 Å². The lowest BCUT2D eigenvalue weighted by Gasteiger charge is -2.18. The van der Waals surface area contributed by atoms with E-state index in [9.17, 15) is 9.59 Å². The van der Waals surface area contributed by atoms with Crippen molar-refractivity contribution in [1.82, 2.24) is 10.2 Å². The predicted octanol–water partition coefficient (Wildman–Crippen LogP) is 0.385. The van der Waals surface area contributed by atoms with Crippen LogP contribution in [0.25, 0.3) is 0 Å². The van der Waals surface area contributed by atoms with Crippen molar-refractivity contribution in [3.05, 3.63) is 0 Å². The van der Waals surface area contributed by atoms with Crippen LogP contribution in [0.15, 0.2) is 0 Å². The lowest BCUT2D eigenvalue weighted by molar-refractivity contribution is -0.142. The number of carboxylic acid groups (broad SMARTS) is 1. The number of carboxylic acids is 1. The summed E-state index contributed by atoms with van der Waals surface area (Å²) in [5.41, 5.74) is 0. The second-order valence-corrected chi connectivity index (χ2v) is 5.24. The summed E-state index contributed by atoms with van der Waals surface area (Å²) in [6, 6.07) is -0.155. The Hall–Kier alpha value is -1.30. The van der Waals surface area contributed by atoms with E-state index in [0.717, 1.165) is 13.0 Å². The molecule has 2 amide bonds. The lowest BCUT2D eigenvalue weighted by atomic mass is 9.99. The summed E-state index contributed by atoms with van der Waals surface area (Å²) >= 11 is 0. The fraction of sp³-hybridized carbons (Fsp3) is 0.833.